The molecule has 0 fully saturated rings. The van der Waals surface area contributed by atoms with E-state index in [2.05, 4.69) is 5.43 Å². The summed E-state index contributed by atoms with van der Waals surface area (Å²) >= 11 is 1.05. The number of rotatable bonds is 7. The van der Waals surface area contributed by atoms with Crippen LogP contribution in [0.3, 0.4) is 0 Å². The van der Waals surface area contributed by atoms with Crippen molar-refractivity contribution in [1.82, 2.24) is 19.6 Å². The first-order valence-corrected chi connectivity index (χ1v) is 10.1. The Morgan fingerprint density at radius 1 is 1.23 bits per heavy atom. The van der Waals surface area contributed by atoms with Crippen LogP contribution in [0.1, 0.15) is 31.2 Å². The number of methoxy groups -OCH3 is 1. The fraction of sp³-hybridized carbons (Fsp3) is 0.611. The quantitative estimate of drug-likeness (QED) is 0.608. The maximum Gasteiger partial charge on any atom is 0.422 e. The maximum absolute atomic E-state index is 13.0. The van der Waals surface area contributed by atoms with Crippen LogP contribution in [0.2, 0.25) is 0 Å². The van der Waals surface area contributed by atoms with E-state index in [1.54, 1.807) is 27.7 Å². The number of aromatic nitrogens is 2. The minimum absolute atomic E-state index is 0.000568. The predicted molar refractivity (Wildman–Crippen MR) is 109 cm³/mol. The van der Waals surface area contributed by atoms with E-state index in [-0.39, 0.29) is 34.5 Å². The number of hydrogen-bond acceptors (Lipinski definition) is 6. The smallest absolute Gasteiger partial charge is 0.422 e. The molecule has 31 heavy (non-hydrogen) atoms. The number of nitrogens with zero attached hydrogens (tertiary/aromatic N) is 3. The number of alkyl halides is 3. The topological polar surface area (TPSA) is 106 Å². The Bertz CT molecular complexity index is 1080. The van der Waals surface area contributed by atoms with E-state index in [1.165, 1.54) is 7.11 Å². The number of carboxylic acid groups (broad SMARTS) is 1. The van der Waals surface area contributed by atoms with Gasteiger partial charge in [0.25, 0.3) is 5.56 Å². The summed E-state index contributed by atoms with van der Waals surface area (Å²) < 4.78 is 45.2. The number of amides is 1. The lowest BCUT2D eigenvalue weighted by molar-refractivity contribution is -0.141. The maximum atomic E-state index is 13.0. The van der Waals surface area contributed by atoms with E-state index in [1.807, 2.05) is 0 Å². The lowest BCUT2D eigenvalue weighted by Gasteiger charge is -2.33. The van der Waals surface area contributed by atoms with Crippen molar-refractivity contribution >= 4 is 27.6 Å². The highest BCUT2D eigenvalue weighted by Crippen LogP contribution is 2.28. The first kappa shape index (κ1) is 24.9. The third-order valence-electron chi connectivity index (χ3n) is 4.51. The van der Waals surface area contributed by atoms with E-state index < -0.39 is 35.6 Å². The molecule has 2 rings (SSSR count). The SMILES string of the molecule is COCCn1c(=O)n(CC(F)(F)F)c(=O)c2c(C)c(CNN(C(=O)O)C(C)(C)C)sc21. The molecule has 2 aromatic rings. The molecule has 2 N–H and O–H groups in total. The third kappa shape index (κ3) is 5.46. The van der Waals surface area contributed by atoms with Gasteiger partial charge in [-0.15, -0.1) is 11.3 Å². The predicted octanol–water partition coefficient (Wildman–Crippen LogP) is 2.52. The van der Waals surface area contributed by atoms with Gasteiger partial charge in [0, 0.05) is 12.0 Å². The van der Waals surface area contributed by atoms with Crippen molar-refractivity contribution < 1.29 is 27.8 Å². The molecule has 0 radical (unpaired) electrons. The van der Waals surface area contributed by atoms with Gasteiger partial charge in [0.05, 0.1) is 30.6 Å². The molecule has 0 atom stereocenters. The Labute approximate surface area is 179 Å². The Morgan fingerprint density at radius 3 is 2.32 bits per heavy atom. The van der Waals surface area contributed by atoms with Crippen LogP contribution in [0.4, 0.5) is 18.0 Å². The number of hydrogen-bond donors (Lipinski definition) is 2. The number of ether oxygens (including phenoxy) is 1. The molecule has 0 saturated heterocycles. The molecule has 174 valence electrons. The summed E-state index contributed by atoms with van der Waals surface area (Å²) in [6.45, 7) is 4.93. The summed E-state index contributed by atoms with van der Waals surface area (Å²) in [5.74, 6) is 0. The minimum atomic E-state index is -4.75. The van der Waals surface area contributed by atoms with Gasteiger partial charge in [0.2, 0.25) is 0 Å². The van der Waals surface area contributed by atoms with Gasteiger partial charge in [-0.25, -0.2) is 20.0 Å². The summed E-state index contributed by atoms with van der Waals surface area (Å²) in [6.07, 6.45) is -5.96. The van der Waals surface area contributed by atoms with Crippen LogP contribution < -0.4 is 16.7 Å². The van der Waals surface area contributed by atoms with Crippen molar-refractivity contribution in [1.29, 1.82) is 0 Å². The number of carbonyl (C=O) groups is 1. The number of aryl methyl sites for hydroxylation is 1. The summed E-state index contributed by atoms with van der Waals surface area (Å²) in [5, 5.41) is 10.4. The van der Waals surface area contributed by atoms with Crippen molar-refractivity contribution in [3.05, 3.63) is 31.3 Å². The van der Waals surface area contributed by atoms with Crippen LogP contribution in [0.15, 0.2) is 9.59 Å². The zero-order chi connectivity index (χ0) is 23.7. The molecular formula is C18H25F3N4O5S. The molecule has 0 spiro atoms. The number of nitrogens with one attached hydrogen (secondary N) is 1. The molecule has 0 saturated carbocycles. The summed E-state index contributed by atoms with van der Waals surface area (Å²) in [7, 11) is 1.38. The summed E-state index contributed by atoms with van der Waals surface area (Å²) in [4.78, 5) is 37.7. The number of halogens is 3. The highest BCUT2D eigenvalue weighted by Gasteiger charge is 2.32. The van der Waals surface area contributed by atoms with Crippen molar-refractivity contribution in [2.45, 2.75) is 59.0 Å². The van der Waals surface area contributed by atoms with Crippen LogP contribution in [-0.2, 0) is 24.4 Å². The molecule has 0 bridgehead atoms. The fourth-order valence-corrected chi connectivity index (χ4v) is 4.30. The average molecular weight is 466 g/mol. The van der Waals surface area contributed by atoms with Crippen molar-refractivity contribution in [3.63, 3.8) is 0 Å². The van der Waals surface area contributed by atoms with Gasteiger partial charge in [-0.3, -0.25) is 13.9 Å². The van der Waals surface area contributed by atoms with E-state index in [0.717, 1.165) is 20.9 Å². The van der Waals surface area contributed by atoms with Crippen LogP contribution in [0, 0.1) is 6.92 Å². The molecule has 0 aromatic carbocycles. The molecule has 0 aliphatic heterocycles. The molecule has 1 amide bonds. The molecule has 0 aliphatic carbocycles. The van der Waals surface area contributed by atoms with Gasteiger partial charge in [-0.1, -0.05) is 0 Å². The molecule has 2 heterocycles. The van der Waals surface area contributed by atoms with Gasteiger partial charge >= 0.3 is 18.0 Å². The highest BCUT2D eigenvalue weighted by atomic mass is 32.1. The Hall–Kier alpha value is -2.38. The van der Waals surface area contributed by atoms with E-state index >= 15 is 0 Å². The first-order valence-electron chi connectivity index (χ1n) is 9.27. The van der Waals surface area contributed by atoms with Crippen molar-refractivity contribution in [2.24, 2.45) is 0 Å². The van der Waals surface area contributed by atoms with Gasteiger partial charge in [-0.05, 0) is 33.3 Å². The second-order valence-corrected chi connectivity index (χ2v) is 8.97. The van der Waals surface area contributed by atoms with Gasteiger partial charge < -0.3 is 9.84 Å². The second-order valence-electron chi connectivity index (χ2n) is 7.89. The Balaban J connectivity index is 2.64. The number of hydrazine groups is 1. The van der Waals surface area contributed by atoms with E-state index in [0.29, 0.717) is 10.4 Å². The molecular weight excluding hydrogens is 441 g/mol. The Morgan fingerprint density at radius 2 is 1.84 bits per heavy atom. The standard InChI is InChI=1S/C18H25F3N4O5S/c1-10-11(8-22-25(16(28)29)17(2,3)4)31-14-12(10)13(26)24(9-18(19,20)21)15(27)23(14)6-7-30-5/h22H,6-9H2,1-5H3,(H,28,29). The fourth-order valence-electron chi connectivity index (χ4n) is 3.05. The molecule has 2 aromatic heterocycles. The van der Waals surface area contributed by atoms with Gasteiger partial charge in [0.1, 0.15) is 11.4 Å². The average Bonchev–Trinajstić information content (AvgIpc) is 2.93. The van der Waals surface area contributed by atoms with Crippen LogP contribution in [0.5, 0.6) is 0 Å². The molecule has 13 heteroatoms. The van der Waals surface area contributed by atoms with E-state index in [4.69, 9.17) is 4.74 Å². The van der Waals surface area contributed by atoms with Crippen LogP contribution in [-0.4, -0.2) is 50.8 Å². The zero-order valence-electron chi connectivity index (χ0n) is 17.8. The number of fused-ring (bicyclic) bond motifs is 1. The molecule has 0 unspecified atom stereocenters. The van der Waals surface area contributed by atoms with Crippen molar-refractivity contribution in [2.75, 3.05) is 13.7 Å². The Kier molecular flexibility index (Phi) is 7.23. The first-order chi connectivity index (χ1) is 14.2. The lowest BCUT2D eigenvalue weighted by atomic mass is 10.1. The highest BCUT2D eigenvalue weighted by molar-refractivity contribution is 7.18. The zero-order valence-corrected chi connectivity index (χ0v) is 18.6. The summed E-state index contributed by atoms with van der Waals surface area (Å²) in [6, 6.07) is 0. The normalized spacial score (nSPS) is 12.5. The molecule has 9 nitrogen and oxygen atoms in total. The largest absolute Gasteiger partial charge is 0.464 e. The van der Waals surface area contributed by atoms with Crippen LogP contribution in [0.25, 0.3) is 10.2 Å². The van der Waals surface area contributed by atoms with E-state index in [9.17, 15) is 32.7 Å². The number of thiophene rings is 1. The summed E-state index contributed by atoms with van der Waals surface area (Å²) in [5.41, 5.74) is 0.285. The van der Waals surface area contributed by atoms with Gasteiger partial charge in [0.15, 0.2) is 0 Å². The monoisotopic (exact) mass is 466 g/mol. The lowest BCUT2D eigenvalue weighted by Crippen LogP contribution is -2.52. The second kappa shape index (κ2) is 9.01. The third-order valence-corrected chi connectivity index (χ3v) is 5.82. The molecule has 0 aliphatic rings. The minimum Gasteiger partial charge on any atom is -0.464 e. The van der Waals surface area contributed by atoms with Gasteiger partial charge in [-0.2, -0.15) is 13.2 Å². The van der Waals surface area contributed by atoms with Crippen LogP contribution >= 0.6 is 11.3 Å². The van der Waals surface area contributed by atoms with Crippen molar-refractivity contribution in [3.8, 4) is 0 Å².